The second kappa shape index (κ2) is 38.6. The van der Waals surface area contributed by atoms with Crippen LogP contribution in [0.4, 0.5) is 69.4 Å². The van der Waals surface area contributed by atoms with Crippen molar-refractivity contribution in [3.63, 3.8) is 0 Å². The van der Waals surface area contributed by atoms with E-state index in [4.69, 9.17) is 24.2 Å². The van der Waals surface area contributed by atoms with Gasteiger partial charge in [-0.15, -0.1) is 15.3 Å². The highest BCUT2D eigenvalue weighted by molar-refractivity contribution is 7.92. The number of fused-ring (bicyclic) bond motifs is 3. The first-order chi connectivity index (χ1) is 58.7. The number of nitrogens with one attached hydrogen (secondary N) is 10. The molecule has 0 spiro atoms. The lowest BCUT2D eigenvalue weighted by atomic mass is 9.86. The van der Waals surface area contributed by atoms with E-state index in [1.54, 1.807) is 114 Å². The number of benzene rings is 6. The molecule has 0 amide bonds. The summed E-state index contributed by atoms with van der Waals surface area (Å²) in [7, 11) is -8.48. The highest BCUT2D eigenvalue weighted by atomic mass is 32.2. The van der Waals surface area contributed by atoms with Crippen LogP contribution < -0.4 is 51.4 Å². The van der Waals surface area contributed by atoms with E-state index < -0.39 is 45.3 Å². The minimum atomic E-state index is -3.55. The van der Waals surface area contributed by atoms with Gasteiger partial charge in [0.1, 0.15) is 17.2 Å². The van der Waals surface area contributed by atoms with E-state index in [9.17, 15) is 25.3 Å². The van der Waals surface area contributed by atoms with Gasteiger partial charge in [0.2, 0.25) is 34.8 Å². The van der Waals surface area contributed by atoms with Crippen molar-refractivity contribution in [3.05, 3.63) is 143 Å². The Hall–Kier alpha value is -11.3. The molecule has 123 heavy (non-hydrogen) atoms. The zero-order chi connectivity index (χ0) is 87.8. The van der Waals surface area contributed by atoms with Crippen LogP contribution in [0.25, 0.3) is 33.5 Å². The molecule has 3 aliphatic rings. The molecule has 0 bridgehead atoms. The van der Waals surface area contributed by atoms with E-state index in [2.05, 4.69) is 184 Å². The van der Waals surface area contributed by atoms with Crippen LogP contribution >= 0.6 is 0 Å². The summed E-state index contributed by atoms with van der Waals surface area (Å²) >= 11 is 0. The zero-order valence-electron chi connectivity index (χ0n) is 72.9. The van der Waals surface area contributed by atoms with E-state index in [0.717, 1.165) is 119 Å². The summed E-state index contributed by atoms with van der Waals surface area (Å²) in [5.41, 5.74) is 13.0. The van der Waals surface area contributed by atoms with Crippen LogP contribution in [-0.2, 0) is 29.5 Å². The number of aryl methyl sites for hydroxylation is 3. The van der Waals surface area contributed by atoms with Crippen molar-refractivity contribution in [1.29, 1.82) is 0 Å². The molecule has 3 aliphatic heterocycles. The highest BCUT2D eigenvalue weighted by Gasteiger charge is 2.31. The van der Waals surface area contributed by atoms with E-state index in [1.165, 1.54) is 33.4 Å². The molecule has 36 heteroatoms. The van der Waals surface area contributed by atoms with Gasteiger partial charge in [0.15, 0.2) is 63.5 Å². The summed E-state index contributed by atoms with van der Waals surface area (Å²) in [4.78, 5) is 33.2. The van der Waals surface area contributed by atoms with Crippen molar-refractivity contribution in [3.8, 4) is 17.2 Å². The third kappa shape index (κ3) is 21.0. The number of anilines is 12. The fourth-order valence-electron chi connectivity index (χ4n) is 15.4. The number of piperidine rings is 3. The van der Waals surface area contributed by atoms with Crippen molar-refractivity contribution < 1.29 is 39.5 Å². The van der Waals surface area contributed by atoms with Crippen molar-refractivity contribution in [2.75, 3.05) is 84.8 Å². The Morgan fingerprint density at radius 2 is 0.675 bits per heavy atom. The first-order valence-corrected chi connectivity index (χ1v) is 46.8. The van der Waals surface area contributed by atoms with Crippen molar-refractivity contribution >= 4 is 132 Å². The normalized spacial score (nSPS) is 15.0. The molecule has 0 atom stereocenters. The number of ether oxygens (including phenoxy) is 3. The fourth-order valence-corrected chi connectivity index (χ4v) is 19.0. The molecule has 0 aliphatic carbocycles. The number of hydrogen-bond acceptors (Lipinski definition) is 30. The van der Waals surface area contributed by atoms with Gasteiger partial charge in [-0.25, -0.2) is 25.3 Å². The molecule has 6 aromatic carbocycles. The molecular formula is C87H114N24O9S3. The Bertz CT molecular complexity index is 6080. The number of rotatable bonds is 28. The molecule has 0 radical (unpaired) electrons. The van der Waals surface area contributed by atoms with Crippen molar-refractivity contribution in [2.45, 2.75) is 216 Å². The average Bonchev–Trinajstić information content (AvgIpc) is 1.56. The molecule has 3 fully saturated rings. The van der Waals surface area contributed by atoms with Crippen LogP contribution in [-0.4, -0.2) is 198 Å². The van der Waals surface area contributed by atoms with Crippen LogP contribution in [0.2, 0.25) is 0 Å². The fraction of sp³-hybridized carbons (Fsp3) is 0.448. The highest BCUT2D eigenvalue weighted by Crippen LogP contribution is 2.44. The van der Waals surface area contributed by atoms with Gasteiger partial charge in [-0.3, -0.25) is 0 Å². The summed E-state index contributed by atoms with van der Waals surface area (Å²) in [6.45, 7) is 38.0. The van der Waals surface area contributed by atoms with Gasteiger partial charge in [0.05, 0.1) is 82.9 Å². The van der Waals surface area contributed by atoms with Gasteiger partial charge in [-0.05, 0) is 319 Å². The monoisotopic (exact) mass is 1730 g/mol. The van der Waals surface area contributed by atoms with Crippen molar-refractivity contribution in [2.24, 2.45) is 0 Å². The Kier molecular flexibility index (Phi) is 28.1. The minimum Gasteiger partial charge on any atom is -0.489 e. The van der Waals surface area contributed by atoms with Crippen LogP contribution in [0.1, 0.15) is 180 Å². The second-order valence-corrected chi connectivity index (χ2v) is 40.5. The standard InChI is InChI=1S/C30H40N8O3S.C29H38N8O3S.C28H36N8O3S/c1-7-38-14-12-21(13-15-38)22-17-25(41-18(2)3)24(16-20(22)6)32-30-33-28(27-29(34-30)36-37-35-27)31-23-10-8-9-11-26(23)42(39,40)19(4)5;1-17(2)40-24-16-21(20-11-13-37(6)14-12-20)19(5)15-23(24)31-29-32-27(26-28(33-29)35-36-34-26)30-22-9-7-8-10-25(22)41(38,39)18(3)4;1-16(2)39-23-15-20(19-10-12-29-13-11-19)18(5)14-22(23)31-28-32-26(25-27(33-28)35-36-34-25)30-21-8-6-7-9-24(21)40(37,38)17(3)4/h8-11,16-19,21H,7,12-15H2,1-6H3,(H3,31,32,33,34,35,36,37);7-10,15-18,20H,11-14H2,1-6H3,(H3,30,31,32,33,34,35,36);6-9,14-17,19,29H,10-13H2,1-5H3,(H3,30,31,32,33,34,35,36). The summed E-state index contributed by atoms with van der Waals surface area (Å²) in [6, 6.07) is 33.0. The molecule has 0 unspecified atom stereocenters. The SMILES string of the molecule is CCN1CCC(c2cc(OC(C)C)c(Nc3nc(Nc4ccccc4S(=O)(=O)C(C)C)c4n[nH]nc4n3)cc2C)CC1.Cc1cc(Nc2nc(Nc3ccccc3S(=O)(=O)C(C)C)c3n[nH]nc3n2)c(OC(C)C)cc1C1CCN(C)CC1.Cc1cc(Nc2nc(Nc3ccccc3S(=O)(=O)C(C)C)c3n[nH]nc3n2)c(OC(C)C)cc1C1CCNCC1. The first kappa shape index (κ1) is 89.4. The Morgan fingerprint density at radius 3 is 0.967 bits per heavy atom. The maximum atomic E-state index is 13.1. The lowest BCUT2D eigenvalue weighted by Crippen LogP contribution is -2.32. The third-order valence-corrected chi connectivity index (χ3v) is 28.7. The average molecular weight is 1740 g/mol. The zero-order valence-corrected chi connectivity index (χ0v) is 75.4. The molecule has 10 N–H and O–H groups in total. The summed E-state index contributed by atoms with van der Waals surface area (Å²) in [6.07, 6.45) is 6.56. The van der Waals surface area contributed by atoms with Crippen LogP contribution in [0.3, 0.4) is 0 Å². The van der Waals surface area contributed by atoms with Crippen LogP contribution in [0.5, 0.6) is 17.2 Å². The molecular weight excluding hydrogens is 1620 g/mol. The van der Waals surface area contributed by atoms with Crippen molar-refractivity contribution in [1.82, 2.24) is 91.3 Å². The quantitative estimate of drug-likeness (QED) is 0.0218. The number of hydrogen-bond donors (Lipinski definition) is 10. The molecule has 15 rings (SSSR count). The number of para-hydroxylation sites is 3. The minimum absolute atomic E-state index is 0.0281. The number of H-pyrrole nitrogens is 3. The second-order valence-electron chi connectivity index (χ2n) is 33.1. The lowest BCUT2D eigenvalue weighted by molar-refractivity contribution is 0.221. The maximum absolute atomic E-state index is 13.1. The summed E-state index contributed by atoms with van der Waals surface area (Å²) in [5.74, 6) is 5.42. The van der Waals surface area contributed by atoms with Gasteiger partial charge in [0.25, 0.3) is 0 Å². The maximum Gasteiger partial charge on any atom is 0.231 e. The van der Waals surface area contributed by atoms with Gasteiger partial charge >= 0.3 is 0 Å². The van der Waals surface area contributed by atoms with E-state index in [1.807, 2.05) is 41.5 Å². The Balaban J connectivity index is 0.000000159. The third-order valence-electron chi connectivity index (χ3n) is 22.1. The smallest absolute Gasteiger partial charge is 0.231 e. The molecule has 33 nitrogen and oxygen atoms in total. The summed E-state index contributed by atoms with van der Waals surface area (Å²) < 4.78 is 97.0. The molecule has 654 valence electrons. The van der Waals surface area contributed by atoms with Crippen LogP contribution in [0.15, 0.2) is 124 Å². The molecule has 0 saturated carbocycles. The predicted octanol–water partition coefficient (Wildman–Crippen LogP) is 16.0. The van der Waals surface area contributed by atoms with E-state index in [0.29, 0.717) is 85.8 Å². The Labute approximate surface area is 719 Å². The lowest BCUT2D eigenvalue weighted by Gasteiger charge is -2.32. The Morgan fingerprint density at radius 1 is 0.382 bits per heavy atom. The van der Waals surface area contributed by atoms with Crippen LogP contribution in [0, 0.1) is 20.8 Å². The first-order valence-electron chi connectivity index (χ1n) is 42.1. The van der Waals surface area contributed by atoms with Gasteiger partial charge < -0.3 is 61.2 Å². The number of aromatic amines is 3. The number of aromatic nitrogens is 15. The molecule has 12 aromatic rings. The van der Waals surface area contributed by atoms with Gasteiger partial charge in [0, 0.05) is 0 Å². The van der Waals surface area contributed by atoms with E-state index in [-0.39, 0.29) is 50.8 Å². The largest absolute Gasteiger partial charge is 0.489 e. The topological polar surface area (TPSA) is 423 Å². The van der Waals surface area contributed by atoms with Gasteiger partial charge in [-0.1, -0.05) is 43.3 Å². The molecule has 3 saturated heterocycles. The number of sulfone groups is 3. The van der Waals surface area contributed by atoms with E-state index >= 15 is 0 Å². The molecule has 6 aromatic heterocycles. The molecule has 9 heterocycles. The predicted molar refractivity (Wildman–Crippen MR) is 484 cm³/mol. The number of likely N-dealkylation sites (tertiary alicyclic amines) is 2. The number of nitrogens with zero attached hydrogens (tertiary/aromatic N) is 14. The summed E-state index contributed by atoms with van der Waals surface area (Å²) in [5, 5.41) is 54.1. The van der Waals surface area contributed by atoms with Gasteiger partial charge in [-0.2, -0.15) is 60.8 Å².